The van der Waals surface area contributed by atoms with Gasteiger partial charge in [0.1, 0.15) is 23.3 Å². The number of amides is 1. The van der Waals surface area contributed by atoms with Crippen LogP contribution in [0.15, 0.2) is 30.3 Å². The number of aromatic nitrogens is 2. The normalized spacial score (nSPS) is 17.7. The van der Waals surface area contributed by atoms with E-state index in [1.54, 1.807) is 16.7 Å². The zero-order chi connectivity index (χ0) is 18.5. The maximum absolute atomic E-state index is 13.0. The van der Waals surface area contributed by atoms with E-state index < -0.39 is 0 Å². The van der Waals surface area contributed by atoms with Gasteiger partial charge in [0.05, 0.1) is 32.6 Å². The van der Waals surface area contributed by atoms with Crippen LogP contribution in [0.5, 0.6) is 11.5 Å². The third-order valence-corrected chi connectivity index (χ3v) is 4.30. The molecule has 1 fully saturated rings. The minimum Gasteiger partial charge on any atom is -0.497 e. The van der Waals surface area contributed by atoms with Crippen molar-refractivity contribution in [2.45, 2.75) is 26.5 Å². The lowest BCUT2D eigenvalue weighted by atomic mass is 10.2. The molecule has 1 aromatic carbocycles. The largest absolute Gasteiger partial charge is 0.497 e. The van der Waals surface area contributed by atoms with Crippen molar-refractivity contribution in [3.63, 3.8) is 0 Å². The van der Waals surface area contributed by atoms with Gasteiger partial charge in [0.15, 0.2) is 0 Å². The number of carbonyl (C=O) groups is 1. The van der Waals surface area contributed by atoms with E-state index in [9.17, 15) is 4.79 Å². The molecule has 1 amide bonds. The average Bonchev–Trinajstić information content (AvgIpc) is 2.88. The standard InChI is InChI=1S/C19H25N3O4/c1-4-22-18(11-14(2)20-22)19(23)21-9-10-25-13-17(12-21)26-16-7-5-15(24-3)6-8-16/h5-8,11,17H,4,9-10,12-13H2,1-3H3/t17-/m1/s1. The monoisotopic (exact) mass is 359 g/mol. The second kappa shape index (κ2) is 8.23. The Labute approximate surface area is 153 Å². The van der Waals surface area contributed by atoms with Crippen LogP contribution in [0.25, 0.3) is 0 Å². The summed E-state index contributed by atoms with van der Waals surface area (Å²) >= 11 is 0. The van der Waals surface area contributed by atoms with Gasteiger partial charge in [0.25, 0.3) is 5.91 Å². The zero-order valence-corrected chi connectivity index (χ0v) is 15.5. The third kappa shape index (κ3) is 4.16. The first-order chi connectivity index (χ1) is 12.6. The molecule has 2 heterocycles. The van der Waals surface area contributed by atoms with Crippen molar-refractivity contribution in [2.75, 3.05) is 33.4 Å². The summed E-state index contributed by atoms with van der Waals surface area (Å²) in [5.41, 5.74) is 1.45. The van der Waals surface area contributed by atoms with Crippen LogP contribution in [-0.4, -0.2) is 60.1 Å². The van der Waals surface area contributed by atoms with Crippen molar-refractivity contribution in [1.29, 1.82) is 0 Å². The Balaban J connectivity index is 1.71. The first-order valence-electron chi connectivity index (χ1n) is 8.83. The molecule has 1 saturated heterocycles. The quantitative estimate of drug-likeness (QED) is 0.818. The number of nitrogens with zero attached hydrogens (tertiary/aromatic N) is 3. The van der Waals surface area contributed by atoms with Crippen molar-refractivity contribution >= 4 is 5.91 Å². The summed E-state index contributed by atoms with van der Waals surface area (Å²) in [4.78, 5) is 14.7. The number of rotatable bonds is 5. The number of benzene rings is 1. The van der Waals surface area contributed by atoms with Crippen LogP contribution < -0.4 is 9.47 Å². The Morgan fingerprint density at radius 3 is 2.73 bits per heavy atom. The minimum atomic E-state index is -0.228. The minimum absolute atomic E-state index is 0.0405. The van der Waals surface area contributed by atoms with E-state index in [1.807, 2.05) is 44.2 Å². The Bertz CT molecular complexity index is 742. The lowest BCUT2D eigenvalue weighted by Gasteiger charge is -2.24. The van der Waals surface area contributed by atoms with Crippen molar-refractivity contribution in [1.82, 2.24) is 14.7 Å². The Morgan fingerprint density at radius 2 is 2.04 bits per heavy atom. The van der Waals surface area contributed by atoms with Crippen LogP contribution in [0.3, 0.4) is 0 Å². The van der Waals surface area contributed by atoms with E-state index in [1.165, 1.54) is 0 Å². The molecule has 2 aromatic rings. The molecule has 140 valence electrons. The fraction of sp³-hybridized carbons (Fsp3) is 0.474. The third-order valence-electron chi connectivity index (χ3n) is 4.30. The van der Waals surface area contributed by atoms with Gasteiger partial charge in [-0.2, -0.15) is 5.10 Å². The van der Waals surface area contributed by atoms with E-state index in [-0.39, 0.29) is 12.0 Å². The lowest BCUT2D eigenvalue weighted by molar-refractivity contribution is 0.0645. The van der Waals surface area contributed by atoms with Crippen molar-refractivity contribution in [3.05, 3.63) is 41.7 Å². The van der Waals surface area contributed by atoms with Crippen molar-refractivity contribution < 1.29 is 19.0 Å². The molecule has 0 aliphatic carbocycles. The Hall–Kier alpha value is -2.54. The molecule has 26 heavy (non-hydrogen) atoms. The molecule has 3 rings (SSSR count). The fourth-order valence-electron chi connectivity index (χ4n) is 3.00. The summed E-state index contributed by atoms with van der Waals surface area (Å²) in [6, 6.07) is 9.23. The van der Waals surface area contributed by atoms with Gasteiger partial charge in [-0.1, -0.05) is 0 Å². The number of aryl methyl sites for hydroxylation is 2. The summed E-state index contributed by atoms with van der Waals surface area (Å²) in [5, 5.41) is 4.37. The summed E-state index contributed by atoms with van der Waals surface area (Å²) in [7, 11) is 1.63. The molecule has 1 aliphatic heterocycles. The average molecular weight is 359 g/mol. The van der Waals surface area contributed by atoms with E-state index in [0.717, 1.165) is 17.2 Å². The second-order valence-corrected chi connectivity index (χ2v) is 6.23. The summed E-state index contributed by atoms with van der Waals surface area (Å²) in [6.45, 7) is 6.48. The summed E-state index contributed by atoms with van der Waals surface area (Å²) in [5.74, 6) is 1.46. The van der Waals surface area contributed by atoms with E-state index in [4.69, 9.17) is 14.2 Å². The topological polar surface area (TPSA) is 65.8 Å². The lowest BCUT2D eigenvalue weighted by Crippen LogP contribution is -2.40. The van der Waals surface area contributed by atoms with Crippen LogP contribution in [0.1, 0.15) is 23.1 Å². The highest BCUT2D eigenvalue weighted by molar-refractivity contribution is 5.92. The van der Waals surface area contributed by atoms with Gasteiger partial charge in [0.2, 0.25) is 0 Å². The predicted molar refractivity (Wildman–Crippen MR) is 96.8 cm³/mol. The van der Waals surface area contributed by atoms with Gasteiger partial charge >= 0.3 is 0 Å². The number of ether oxygens (including phenoxy) is 3. The van der Waals surface area contributed by atoms with Crippen molar-refractivity contribution in [2.24, 2.45) is 0 Å². The highest BCUT2D eigenvalue weighted by Crippen LogP contribution is 2.19. The van der Waals surface area contributed by atoms with Gasteiger partial charge in [-0.3, -0.25) is 9.48 Å². The molecule has 7 nitrogen and oxygen atoms in total. The van der Waals surface area contributed by atoms with Crippen LogP contribution >= 0.6 is 0 Å². The zero-order valence-electron chi connectivity index (χ0n) is 15.5. The molecule has 0 radical (unpaired) electrons. The molecule has 0 saturated carbocycles. The molecule has 0 unspecified atom stereocenters. The molecule has 1 aliphatic rings. The first-order valence-corrected chi connectivity index (χ1v) is 8.83. The van der Waals surface area contributed by atoms with Gasteiger partial charge in [0, 0.05) is 13.1 Å². The number of hydrogen-bond donors (Lipinski definition) is 0. The van der Waals surface area contributed by atoms with Gasteiger partial charge in [-0.05, 0) is 44.2 Å². The van der Waals surface area contributed by atoms with Gasteiger partial charge in [-0.25, -0.2) is 0 Å². The molecular weight excluding hydrogens is 334 g/mol. The fourth-order valence-corrected chi connectivity index (χ4v) is 3.00. The Kier molecular flexibility index (Phi) is 5.78. The molecule has 0 N–H and O–H groups in total. The smallest absolute Gasteiger partial charge is 0.272 e. The van der Waals surface area contributed by atoms with Crippen molar-refractivity contribution in [3.8, 4) is 11.5 Å². The van der Waals surface area contributed by atoms with Crippen LogP contribution in [-0.2, 0) is 11.3 Å². The maximum atomic E-state index is 13.0. The van der Waals surface area contributed by atoms with Crippen LogP contribution in [0, 0.1) is 6.92 Å². The van der Waals surface area contributed by atoms with Gasteiger partial charge in [-0.15, -0.1) is 0 Å². The van der Waals surface area contributed by atoms with Crippen LogP contribution in [0.2, 0.25) is 0 Å². The predicted octanol–water partition coefficient (Wildman–Crippen LogP) is 2.14. The number of carbonyl (C=O) groups excluding carboxylic acids is 1. The SMILES string of the molecule is CCn1nc(C)cc1C(=O)N1CCOC[C@H](Oc2ccc(OC)cc2)C1. The molecule has 1 aromatic heterocycles. The summed E-state index contributed by atoms with van der Waals surface area (Å²) in [6.07, 6.45) is -0.228. The molecule has 0 spiro atoms. The summed E-state index contributed by atoms with van der Waals surface area (Å²) < 4.78 is 18.6. The highest BCUT2D eigenvalue weighted by Gasteiger charge is 2.26. The molecular formula is C19H25N3O4. The van der Waals surface area contributed by atoms with E-state index in [2.05, 4.69) is 5.10 Å². The second-order valence-electron chi connectivity index (χ2n) is 6.23. The maximum Gasteiger partial charge on any atom is 0.272 e. The van der Waals surface area contributed by atoms with Crippen LogP contribution in [0.4, 0.5) is 0 Å². The van der Waals surface area contributed by atoms with E-state index in [0.29, 0.717) is 38.5 Å². The highest BCUT2D eigenvalue weighted by atomic mass is 16.5. The number of methoxy groups -OCH3 is 1. The number of hydrogen-bond acceptors (Lipinski definition) is 5. The van der Waals surface area contributed by atoms with E-state index >= 15 is 0 Å². The molecule has 7 heteroatoms. The molecule has 1 atom stereocenters. The Morgan fingerprint density at radius 1 is 1.31 bits per heavy atom. The van der Waals surface area contributed by atoms with Gasteiger partial charge < -0.3 is 19.1 Å². The first kappa shape index (κ1) is 18.3. The molecule has 0 bridgehead atoms.